The van der Waals surface area contributed by atoms with Crippen LogP contribution in [0.4, 0.5) is 11.5 Å². The van der Waals surface area contributed by atoms with Gasteiger partial charge in [-0.2, -0.15) is 0 Å². The van der Waals surface area contributed by atoms with Crippen molar-refractivity contribution in [3.05, 3.63) is 47.4 Å². The molecule has 1 heterocycles. The van der Waals surface area contributed by atoms with Gasteiger partial charge in [0.1, 0.15) is 5.82 Å². The maximum Gasteiger partial charge on any atom is 0.224 e. The third kappa shape index (κ3) is 4.16. The summed E-state index contributed by atoms with van der Waals surface area (Å²) >= 11 is 5.68. The van der Waals surface area contributed by atoms with E-state index in [2.05, 4.69) is 15.3 Å². The number of nitrogens with zero attached hydrogens (tertiary/aromatic N) is 2. The highest BCUT2D eigenvalue weighted by atomic mass is 35.5. The second kappa shape index (κ2) is 5.52. The molecule has 19 heavy (non-hydrogen) atoms. The minimum Gasteiger partial charge on any atom is -0.340 e. The number of anilines is 2. The second-order valence-corrected chi connectivity index (χ2v) is 5.75. The average Bonchev–Trinajstić information content (AvgIpc) is 2.30. The molecule has 0 saturated carbocycles. The van der Waals surface area contributed by atoms with E-state index in [1.807, 2.05) is 0 Å². The number of rotatable bonds is 4. The Labute approximate surface area is 115 Å². The Morgan fingerprint density at radius 1 is 1.26 bits per heavy atom. The largest absolute Gasteiger partial charge is 0.340 e. The smallest absolute Gasteiger partial charge is 0.224 e. The Hall–Kier alpha value is -1.70. The van der Waals surface area contributed by atoms with Crippen molar-refractivity contribution in [2.75, 3.05) is 5.32 Å². The zero-order valence-electron chi connectivity index (χ0n) is 9.75. The average molecular weight is 299 g/mol. The normalized spacial score (nSPS) is 11.3. The molecule has 0 atom stereocenters. The van der Waals surface area contributed by atoms with E-state index < -0.39 is 10.0 Å². The molecule has 1 aromatic heterocycles. The minimum absolute atomic E-state index is 0.105. The number of benzene rings is 1. The molecule has 0 spiro atoms. The van der Waals surface area contributed by atoms with Crippen molar-refractivity contribution in [2.24, 2.45) is 5.14 Å². The predicted molar refractivity (Wildman–Crippen MR) is 73.6 cm³/mol. The van der Waals surface area contributed by atoms with Crippen molar-refractivity contribution in [3.63, 3.8) is 0 Å². The monoisotopic (exact) mass is 298 g/mol. The van der Waals surface area contributed by atoms with Crippen molar-refractivity contribution in [3.8, 4) is 0 Å². The lowest BCUT2D eigenvalue weighted by Gasteiger charge is -2.10. The number of nitrogens with one attached hydrogen (secondary N) is 1. The van der Waals surface area contributed by atoms with Gasteiger partial charge in [-0.15, -0.1) is 0 Å². The molecular formula is C11H11ClN4O2S. The minimum atomic E-state index is -3.60. The van der Waals surface area contributed by atoms with Gasteiger partial charge in [0.15, 0.2) is 0 Å². The van der Waals surface area contributed by atoms with E-state index in [4.69, 9.17) is 16.7 Å². The van der Waals surface area contributed by atoms with Crippen LogP contribution in [0.1, 0.15) is 5.56 Å². The first kappa shape index (κ1) is 13.7. The lowest BCUT2D eigenvalue weighted by atomic mass is 10.2. The third-order valence-corrected chi connectivity index (χ3v) is 3.16. The molecule has 0 saturated heterocycles. The highest BCUT2D eigenvalue weighted by molar-refractivity contribution is 7.88. The molecule has 0 aliphatic heterocycles. The molecule has 0 fully saturated rings. The molecule has 100 valence electrons. The fraction of sp³-hybridized carbons (Fsp3) is 0.0909. The number of sulfonamides is 1. The number of nitrogens with two attached hydrogens (primary N) is 1. The van der Waals surface area contributed by atoms with Crippen LogP contribution in [0.25, 0.3) is 0 Å². The molecule has 0 unspecified atom stereocenters. The molecule has 8 heteroatoms. The van der Waals surface area contributed by atoms with E-state index >= 15 is 0 Å². The number of halogens is 1. The summed E-state index contributed by atoms with van der Waals surface area (Å²) in [5.41, 5.74) is 1.16. The molecule has 2 aromatic rings. The Bertz CT molecular complexity index is 691. The quantitative estimate of drug-likeness (QED) is 0.837. The number of primary sulfonamides is 1. The van der Waals surface area contributed by atoms with Crippen LogP contribution >= 0.6 is 11.6 Å². The van der Waals surface area contributed by atoms with Crippen LogP contribution in [0.3, 0.4) is 0 Å². The summed E-state index contributed by atoms with van der Waals surface area (Å²) in [6.07, 6.45) is 1.50. The molecular weight excluding hydrogens is 288 g/mol. The van der Waals surface area contributed by atoms with Crippen molar-refractivity contribution in [2.45, 2.75) is 5.75 Å². The summed E-state index contributed by atoms with van der Waals surface area (Å²) in [6.45, 7) is 0. The Balaban J connectivity index is 2.30. The van der Waals surface area contributed by atoms with Crippen molar-refractivity contribution in [1.29, 1.82) is 0 Å². The fourth-order valence-corrected chi connectivity index (χ4v) is 2.36. The van der Waals surface area contributed by atoms with Gasteiger partial charge in [0.2, 0.25) is 15.3 Å². The van der Waals surface area contributed by atoms with Gasteiger partial charge >= 0.3 is 0 Å². The molecule has 0 amide bonds. The van der Waals surface area contributed by atoms with Crippen molar-refractivity contribution >= 4 is 33.1 Å². The topological polar surface area (TPSA) is 98.0 Å². The Kier molecular flexibility index (Phi) is 3.98. The van der Waals surface area contributed by atoms with E-state index in [1.165, 1.54) is 6.20 Å². The van der Waals surface area contributed by atoms with Crippen LogP contribution in [0.2, 0.25) is 5.28 Å². The molecule has 0 radical (unpaired) electrons. The second-order valence-electron chi connectivity index (χ2n) is 3.80. The van der Waals surface area contributed by atoms with Gasteiger partial charge in [0.25, 0.3) is 0 Å². The van der Waals surface area contributed by atoms with Gasteiger partial charge < -0.3 is 5.32 Å². The van der Waals surface area contributed by atoms with E-state index in [9.17, 15) is 8.42 Å². The first-order valence-corrected chi connectivity index (χ1v) is 7.37. The summed E-state index contributed by atoms with van der Waals surface area (Å²) in [6, 6.07) is 8.54. The third-order valence-electron chi connectivity index (χ3n) is 2.26. The van der Waals surface area contributed by atoms with Crippen molar-refractivity contribution < 1.29 is 8.42 Å². The molecule has 1 aromatic carbocycles. The summed E-state index contributed by atoms with van der Waals surface area (Å²) < 4.78 is 22.3. The van der Waals surface area contributed by atoms with Crippen LogP contribution in [0.15, 0.2) is 36.5 Å². The van der Waals surface area contributed by atoms with Crippen LogP contribution in [0.5, 0.6) is 0 Å². The Morgan fingerprint density at radius 2 is 2.00 bits per heavy atom. The molecule has 3 N–H and O–H groups in total. The first-order valence-electron chi connectivity index (χ1n) is 5.28. The molecule has 6 nitrogen and oxygen atoms in total. The lowest BCUT2D eigenvalue weighted by Crippen LogP contribution is -2.15. The van der Waals surface area contributed by atoms with Gasteiger partial charge in [0.05, 0.1) is 5.75 Å². The van der Waals surface area contributed by atoms with E-state index in [1.54, 1.807) is 30.3 Å². The summed E-state index contributed by atoms with van der Waals surface area (Å²) in [7, 11) is -3.60. The number of para-hydroxylation sites is 1. The number of hydrogen-bond acceptors (Lipinski definition) is 5. The van der Waals surface area contributed by atoms with Crippen molar-refractivity contribution in [1.82, 2.24) is 9.97 Å². The van der Waals surface area contributed by atoms with Crippen LogP contribution in [-0.2, 0) is 15.8 Å². The molecule has 0 aliphatic carbocycles. The summed E-state index contributed by atoms with van der Waals surface area (Å²) in [5, 5.41) is 8.14. The van der Waals surface area contributed by atoms with Gasteiger partial charge in [-0.05, 0) is 29.3 Å². The van der Waals surface area contributed by atoms with E-state index in [-0.39, 0.29) is 11.0 Å². The molecule has 0 aliphatic rings. The maximum atomic E-state index is 11.2. The van der Waals surface area contributed by atoms with E-state index in [0.29, 0.717) is 17.1 Å². The molecule has 0 bridgehead atoms. The zero-order chi connectivity index (χ0) is 13.9. The number of hydrogen-bond donors (Lipinski definition) is 2. The van der Waals surface area contributed by atoms with Crippen LogP contribution < -0.4 is 10.5 Å². The lowest BCUT2D eigenvalue weighted by molar-refractivity contribution is 0.597. The summed E-state index contributed by atoms with van der Waals surface area (Å²) in [5.74, 6) is 0.219. The summed E-state index contributed by atoms with van der Waals surface area (Å²) in [4.78, 5) is 7.73. The first-order chi connectivity index (χ1) is 8.94. The van der Waals surface area contributed by atoms with Gasteiger partial charge in [-0.25, -0.2) is 23.5 Å². The standard InChI is InChI=1S/C11H11ClN4O2S/c12-11-14-6-5-10(16-11)15-9-4-2-1-3-8(9)7-19(13,17)18/h1-6H,7H2,(H2,13,17,18)(H,14,15,16). The van der Waals surface area contributed by atoms with Crippen LogP contribution in [0, 0.1) is 0 Å². The van der Waals surface area contributed by atoms with Gasteiger partial charge in [0, 0.05) is 11.9 Å². The van der Waals surface area contributed by atoms with E-state index in [0.717, 1.165) is 0 Å². The highest BCUT2D eigenvalue weighted by Crippen LogP contribution is 2.21. The fourth-order valence-electron chi connectivity index (χ4n) is 1.53. The Morgan fingerprint density at radius 3 is 2.68 bits per heavy atom. The van der Waals surface area contributed by atoms with Gasteiger partial charge in [-0.3, -0.25) is 0 Å². The SMILES string of the molecule is NS(=O)(=O)Cc1ccccc1Nc1ccnc(Cl)n1. The highest BCUT2D eigenvalue weighted by Gasteiger charge is 2.10. The number of aromatic nitrogens is 2. The van der Waals surface area contributed by atoms with Gasteiger partial charge in [-0.1, -0.05) is 18.2 Å². The predicted octanol–water partition coefficient (Wildman–Crippen LogP) is 1.66. The molecule has 2 rings (SSSR count). The zero-order valence-corrected chi connectivity index (χ0v) is 11.3. The van der Waals surface area contributed by atoms with Crippen LogP contribution in [-0.4, -0.2) is 18.4 Å². The maximum absolute atomic E-state index is 11.2.